The number of halogens is 1. The van der Waals surface area contributed by atoms with Crippen molar-refractivity contribution < 1.29 is 14.3 Å². The third-order valence-corrected chi connectivity index (χ3v) is 3.34. The largest absolute Gasteiger partial charge is 0.497 e. The molecule has 0 bridgehead atoms. The molecule has 0 spiro atoms. The summed E-state index contributed by atoms with van der Waals surface area (Å²) in [7, 11) is 1.55. The molecule has 0 unspecified atom stereocenters. The van der Waals surface area contributed by atoms with Crippen LogP contribution in [0, 0.1) is 0 Å². The lowest BCUT2D eigenvalue weighted by atomic mass is 10.2. The van der Waals surface area contributed by atoms with Gasteiger partial charge in [0.05, 0.1) is 18.6 Å². The number of carbonyl (C=O) groups excluding carboxylic acids is 2. The van der Waals surface area contributed by atoms with Gasteiger partial charge in [0.1, 0.15) is 11.6 Å². The van der Waals surface area contributed by atoms with Crippen molar-refractivity contribution in [1.82, 2.24) is 10.4 Å². The van der Waals surface area contributed by atoms with E-state index in [-0.39, 0.29) is 18.2 Å². The summed E-state index contributed by atoms with van der Waals surface area (Å²) >= 11 is 5.73. The number of carbonyl (C=O) groups is 2. The maximum Gasteiger partial charge on any atom is 0.271 e. The number of aromatic nitrogens is 1. The molecule has 0 fully saturated rings. The zero-order chi connectivity index (χ0) is 18.2. The van der Waals surface area contributed by atoms with Gasteiger partial charge in [-0.3, -0.25) is 9.59 Å². The van der Waals surface area contributed by atoms with Crippen LogP contribution < -0.4 is 15.5 Å². The number of pyridine rings is 1. The van der Waals surface area contributed by atoms with Crippen molar-refractivity contribution in [2.45, 2.75) is 13.3 Å². The molecule has 0 aliphatic carbocycles. The molecule has 2 amide bonds. The third kappa shape index (κ3) is 5.89. The van der Waals surface area contributed by atoms with E-state index in [0.717, 1.165) is 0 Å². The molecule has 1 aromatic heterocycles. The number of nitrogens with one attached hydrogen (secondary N) is 2. The Morgan fingerprint density at radius 3 is 2.52 bits per heavy atom. The van der Waals surface area contributed by atoms with Crippen molar-refractivity contribution in [1.29, 1.82) is 0 Å². The van der Waals surface area contributed by atoms with Crippen LogP contribution >= 0.6 is 11.6 Å². The van der Waals surface area contributed by atoms with Crippen LogP contribution in [-0.4, -0.2) is 29.6 Å². The molecule has 2 rings (SSSR count). The number of amides is 2. The molecule has 0 saturated carbocycles. The first-order valence-corrected chi connectivity index (χ1v) is 7.74. The number of anilines is 1. The summed E-state index contributed by atoms with van der Waals surface area (Å²) in [6.07, 6.45) is 1.46. The van der Waals surface area contributed by atoms with Crippen LogP contribution in [0.4, 0.5) is 5.82 Å². The zero-order valence-corrected chi connectivity index (χ0v) is 14.5. The number of ether oxygens (including phenoxy) is 1. The normalized spacial score (nSPS) is 10.9. The number of rotatable bonds is 6. The van der Waals surface area contributed by atoms with Crippen molar-refractivity contribution in [2.75, 3.05) is 12.4 Å². The highest BCUT2D eigenvalue weighted by molar-refractivity contribution is 6.30. The summed E-state index contributed by atoms with van der Waals surface area (Å²) in [5, 5.41) is 7.02. The van der Waals surface area contributed by atoms with Gasteiger partial charge in [-0.15, -0.1) is 0 Å². The Bertz CT molecular complexity index is 773. The van der Waals surface area contributed by atoms with E-state index in [1.54, 1.807) is 50.4 Å². The molecule has 130 valence electrons. The SMILES string of the molecule is COc1ccc(C(=O)N/N=C(/C)CC(=O)Nc2ccc(Cl)cn2)cc1. The molecule has 0 aliphatic heterocycles. The Kier molecular flexibility index (Phi) is 6.47. The first-order valence-electron chi connectivity index (χ1n) is 7.37. The van der Waals surface area contributed by atoms with Gasteiger partial charge < -0.3 is 10.1 Å². The number of hydrazone groups is 1. The predicted molar refractivity (Wildman–Crippen MR) is 96.1 cm³/mol. The fourth-order valence-electron chi connectivity index (χ4n) is 1.86. The molecule has 25 heavy (non-hydrogen) atoms. The Hall–Kier alpha value is -2.93. The smallest absolute Gasteiger partial charge is 0.271 e. The molecular formula is C17H17ClN4O3. The summed E-state index contributed by atoms with van der Waals surface area (Å²) < 4.78 is 5.03. The Labute approximate surface area is 150 Å². The van der Waals surface area contributed by atoms with Crippen LogP contribution in [-0.2, 0) is 4.79 Å². The molecule has 0 aliphatic rings. The molecule has 2 N–H and O–H groups in total. The summed E-state index contributed by atoms with van der Waals surface area (Å²) in [5.74, 6) is 0.379. The van der Waals surface area contributed by atoms with Gasteiger partial charge in [0, 0.05) is 17.5 Å². The average Bonchev–Trinajstić information content (AvgIpc) is 2.61. The highest BCUT2D eigenvalue weighted by Crippen LogP contribution is 2.11. The van der Waals surface area contributed by atoms with Crippen LogP contribution in [0.2, 0.25) is 5.02 Å². The molecule has 1 heterocycles. The van der Waals surface area contributed by atoms with Gasteiger partial charge in [-0.2, -0.15) is 5.10 Å². The minimum atomic E-state index is -0.373. The number of methoxy groups -OCH3 is 1. The molecule has 1 aromatic carbocycles. The minimum Gasteiger partial charge on any atom is -0.497 e. The molecule has 7 nitrogen and oxygen atoms in total. The van der Waals surface area contributed by atoms with Crippen molar-refractivity contribution in [2.24, 2.45) is 5.10 Å². The molecule has 8 heteroatoms. The average molecular weight is 361 g/mol. The highest BCUT2D eigenvalue weighted by atomic mass is 35.5. The molecule has 0 radical (unpaired) electrons. The van der Waals surface area contributed by atoms with Crippen molar-refractivity contribution in [3.05, 3.63) is 53.2 Å². The Morgan fingerprint density at radius 2 is 1.92 bits per heavy atom. The van der Waals surface area contributed by atoms with E-state index in [1.807, 2.05) is 0 Å². The quantitative estimate of drug-likeness (QED) is 0.612. The third-order valence-electron chi connectivity index (χ3n) is 3.11. The van der Waals surface area contributed by atoms with Crippen molar-refractivity contribution in [3.8, 4) is 5.75 Å². The van der Waals surface area contributed by atoms with E-state index in [4.69, 9.17) is 16.3 Å². The predicted octanol–water partition coefficient (Wildman–Crippen LogP) is 2.88. The lowest BCUT2D eigenvalue weighted by Gasteiger charge is -2.05. The molecular weight excluding hydrogens is 344 g/mol. The van der Waals surface area contributed by atoms with Crippen LogP contribution in [0.1, 0.15) is 23.7 Å². The van der Waals surface area contributed by atoms with E-state index in [0.29, 0.717) is 27.9 Å². The summed E-state index contributed by atoms with van der Waals surface area (Å²) in [4.78, 5) is 27.8. The van der Waals surface area contributed by atoms with Gasteiger partial charge in [0.25, 0.3) is 5.91 Å². The van der Waals surface area contributed by atoms with E-state index in [9.17, 15) is 9.59 Å². The Balaban J connectivity index is 1.86. The van der Waals surface area contributed by atoms with Gasteiger partial charge in [-0.05, 0) is 43.3 Å². The van der Waals surface area contributed by atoms with Crippen molar-refractivity contribution >= 4 is 34.9 Å². The van der Waals surface area contributed by atoms with Gasteiger partial charge >= 0.3 is 0 Å². The van der Waals surface area contributed by atoms with Gasteiger partial charge in [0.15, 0.2) is 0 Å². The van der Waals surface area contributed by atoms with E-state index in [2.05, 4.69) is 20.8 Å². The number of benzene rings is 1. The lowest BCUT2D eigenvalue weighted by Crippen LogP contribution is -2.21. The lowest BCUT2D eigenvalue weighted by molar-refractivity contribution is -0.115. The number of nitrogens with zero attached hydrogens (tertiary/aromatic N) is 2. The zero-order valence-electron chi connectivity index (χ0n) is 13.7. The summed E-state index contributed by atoms with van der Waals surface area (Å²) in [6, 6.07) is 9.82. The fourth-order valence-corrected chi connectivity index (χ4v) is 1.97. The number of hydrogen-bond donors (Lipinski definition) is 2. The highest BCUT2D eigenvalue weighted by Gasteiger charge is 2.08. The van der Waals surface area contributed by atoms with Gasteiger partial charge in [-0.25, -0.2) is 10.4 Å². The van der Waals surface area contributed by atoms with Gasteiger partial charge in [-0.1, -0.05) is 11.6 Å². The monoisotopic (exact) mass is 360 g/mol. The second-order valence-electron chi connectivity index (χ2n) is 5.10. The van der Waals surface area contributed by atoms with Crippen LogP contribution in [0.5, 0.6) is 5.75 Å². The summed E-state index contributed by atoms with van der Waals surface area (Å²) in [6.45, 7) is 1.64. The van der Waals surface area contributed by atoms with E-state index in [1.165, 1.54) is 6.20 Å². The standard InChI is InChI=1S/C17H17ClN4O3/c1-11(9-16(23)20-15-8-5-13(18)10-19-15)21-22-17(24)12-3-6-14(25-2)7-4-12/h3-8,10H,9H2,1-2H3,(H,22,24)(H,19,20,23)/b21-11-. The van der Waals surface area contributed by atoms with E-state index < -0.39 is 0 Å². The first kappa shape index (κ1) is 18.4. The Morgan fingerprint density at radius 1 is 1.20 bits per heavy atom. The topological polar surface area (TPSA) is 92.7 Å². The van der Waals surface area contributed by atoms with Crippen LogP contribution in [0.15, 0.2) is 47.7 Å². The molecule has 2 aromatic rings. The van der Waals surface area contributed by atoms with Crippen LogP contribution in [0.3, 0.4) is 0 Å². The van der Waals surface area contributed by atoms with Crippen LogP contribution in [0.25, 0.3) is 0 Å². The molecule has 0 saturated heterocycles. The maximum atomic E-state index is 12.0. The maximum absolute atomic E-state index is 12.0. The number of hydrogen-bond acceptors (Lipinski definition) is 5. The van der Waals surface area contributed by atoms with E-state index >= 15 is 0 Å². The second-order valence-corrected chi connectivity index (χ2v) is 5.54. The van der Waals surface area contributed by atoms with Gasteiger partial charge in [0.2, 0.25) is 5.91 Å². The minimum absolute atomic E-state index is 0.0210. The van der Waals surface area contributed by atoms with Crippen molar-refractivity contribution in [3.63, 3.8) is 0 Å². The first-order chi connectivity index (χ1) is 12.0. The second kappa shape index (κ2) is 8.79. The fraction of sp³-hybridized carbons (Fsp3) is 0.176. The molecule has 0 atom stereocenters. The summed E-state index contributed by atoms with van der Waals surface area (Å²) in [5.41, 5.74) is 3.30.